The molecule has 8 heteroatoms. The van der Waals surface area contributed by atoms with Gasteiger partial charge in [0.25, 0.3) is 0 Å². The molecule has 1 N–H and O–H groups in total. The molecule has 0 aliphatic rings. The second-order valence-corrected chi connectivity index (χ2v) is 7.95. The molecule has 0 heterocycles. The van der Waals surface area contributed by atoms with Crippen molar-refractivity contribution in [1.82, 2.24) is 9.62 Å². The van der Waals surface area contributed by atoms with Crippen LogP contribution in [0, 0.1) is 5.92 Å². The molecule has 1 amide bonds. The summed E-state index contributed by atoms with van der Waals surface area (Å²) in [6, 6.07) is 4.21. The molecule has 0 unspecified atom stereocenters. The molecule has 1 aromatic rings. The monoisotopic (exact) mass is 366 g/mol. The Morgan fingerprint density at radius 3 is 2.50 bits per heavy atom. The fraction of sp³-hybridized carbons (Fsp3) is 0.500. The maximum Gasteiger partial charge on any atom is 0.245 e. The van der Waals surface area contributed by atoms with Crippen molar-refractivity contribution < 1.29 is 13.2 Å². The normalized spacial score (nSPS) is 12.0. The van der Waals surface area contributed by atoms with Gasteiger partial charge in [0.05, 0.1) is 11.6 Å². The highest BCUT2D eigenvalue weighted by Crippen LogP contribution is 2.27. The molecule has 0 aliphatic heterocycles. The Morgan fingerprint density at radius 2 is 1.95 bits per heavy atom. The summed E-state index contributed by atoms with van der Waals surface area (Å²) in [6.45, 7) is 5.97. The second kappa shape index (κ2) is 8.15. The highest BCUT2D eigenvalue weighted by Gasteiger charge is 2.27. The summed E-state index contributed by atoms with van der Waals surface area (Å²) >= 11 is 11.8. The molecule has 0 fully saturated rings. The quantitative estimate of drug-likeness (QED) is 0.806. The predicted molar refractivity (Wildman–Crippen MR) is 88.7 cm³/mol. The lowest BCUT2D eigenvalue weighted by molar-refractivity contribution is -0.121. The van der Waals surface area contributed by atoms with Gasteiger partial charge in [-0.25, -0.2) is 8.42 Å². The van der Waals surface area contributed by atoms with Gasteiger partial charge < -0.3 is 5.32 Å². The van der Waals surface area contributed by atoms with Crippen molar-refractivity contribution in [2.45, 2.75) is 25.7 Å². The third-order valence-corrected chi connectivity index (χ3v) is 5.53. The molecule has 0 radical (unpaired) electrons. The van der Waals surface area contributed by atoms with Crippen LogP contribution in [0.5, 0.6) is 0 Å². The number of rotatable bonds is 7. The maximum absolute atomic E-state index is 12.6. The summed E-state index contributed by atoms with van der Waals surface area (Å²) in [7, 11) is -3.88. The van der Waals surface area contributed by atoms with Crippen LogP contribution in [-0.4, -0.2) is 38.3 Å². The number of amides is 1. The van der Waals surface area contributed by atoms with Crippen LogP contribution in [0.2, 0.25) is 10.0 Å². The van der Waals surface area contributed by atoms with E-state index in [1.54, 1.807) is 6.92 Å². The Morgan fingerprint density at radius 1 is 1.32 bits per heavy atom. The van der Waals surface area contributed by atoms with E-state index in [-0.39, 0.29) is 39.9 Å². The molecule has 0 aromatic heterocycles. The van der Waals surface area contributed by atoms with Gasteiger partial charge in [0.15, 0.2) is 0 Å². The van der Waals surface area contributed by atoms with Crippen LogP contribution in [0.4, 0.5) is 0 Å². The standard InChI is InChI=1S/C14H20Cl2N2O3S/c1-4-18(9-14(19)17-8-10(2)3)22(20,21)13-7-11(15)5-6-12(13)16/h5-7,10H,4,8-9H2,1-3H3,(H,17,19). The molecule has 0 bridgehead atoms. The summed E-state index contributed by atoms with van der Waals surface area (Å²) in [5.74, 6) is -0.0599. The summed E-state index contributed by atoms with van der Waals surface area (Å²) < 4.78 is 26.3. The SMILES string of the molecule is CCN(CC(=O)NCC(C)C)S(=O)(=O)c1cc(Cl)ccc1Cl. The number of hydrogen-bond acceptors (Lipinski definition) is 3. The largest absolute Gasteiger partial charge is 0.355 e. The van der Waals surface area contributed by atoms with E-state index in [9.17, 15) is 13.2 Å². The van der Waals surface area contributed by atoms with Gasteiger partial charge in [-0.15, -0.1) is 0 Å². The second-order valence-electron chi connectivity index (χ2n) is 5.20. The zero-order valence-corrected chi connectivity index (χ0v) is 15.1. The predicted octanol–water partition coefficient (Wildman–Crippen LogP) is 2.78. The van der Waals surface area contributed by atoms with Gasteiger partial charge in [0.1, 0.15) is 4.90 Å². The molecular formula is C14H20Cl2N2O3S. The van der Waals surface area contributed by atoms with Crippen molar-refractivity contribution in [1.29, 1.82) is 0 Å². The van der Waals surface area contributed by atoms with Crippen molar-refractivity contribution in [2.75, 3.05) is 19.6 Å². The number of carbonyl (C=O) groups excluding carboxylic acids is 1. The van der Waals surface area contributed by atoms with Crippen LogP contribution in [0.1, 0.15) is 20.8 Å². The summed E-state index contributed by atoms with van der Waals surface area (Å²) in [4.78, 5) is 11.8. The van der Waals surface area contributed by atoms with Gasteiger partial charge in [-0.3, -0.25) is 4.79 Å². The number of carbonyl (C=O) groups is 1. The van der Waals surface area contributed by atoms with Crippen LogP contribution in [-0.2, 0) is 14.8 Å². The molecule has 0 aliphatic carbocycles. The van der Waals surface area contributed by atoms with E-state index in [0.717, 1.165) is 4.31 Å². The number of nitrogens with one attached hydrogen (secondary N) is 1. The summed E-state index contributed by atoms with van der Waals surface area (Å²) in [5, 5.41) is 3.03. The summed E-state index contributed by atoms with van der Waals surface area (Å²) in [6.07, 6.45) is 0. The first-order valence-electron chi connectivity index (χ1n) is 6.90. The number of halogens is 2. The van der Waals surface area contributed by atoms with Crippen molar-refractivity contribution in [3.05, 3.63) is 28.2 Å². The molecular weight excluding hydrogens is 347 g/mol. The summed E-state index contributed by atoms with van der Waals surface area (Å²) in [5.41, 5.74) is 0. The number of sulfonamides is 1. The first-order valence-corrected chi connectivity index (χ1v) is 9.10. The van der Waals surface area contributed by atoms with E-state index >= 15 is 0 Å². The smallest absolute Gasteiger partial charge is 0.245 e. The first kappa shape index (κ1) is 19.2. The minimum atomic E-state index is -3.88. The molecule has 0 atom stereocenters. The Kier molecular flexibility index (Phi) is 7.12. The number of likely N-dealkylation sites (N-methyl/N-ethyl adjacent to an activating group) is 1. The number of nitrogens with zero attached hydrogens (tertiary/aromatic N) is 1. The lowest BCUT2D eigenvalue weighted by atomic mass is 10.2. The van der Waals surface area contributed by atoms with Gasteiger partial charge in [0, 0.05) is 18.1 Å². The van der Waals surface area contributed by atoms with E-state index in [1.807, 2.05) is 13.8 Å². The average molecular weight is 367 g/mol. The van der Waals surface area contributed by atoms with Gasteiger partial charge in [-0.2, -0.15) is 4.31 Å². The van der Waals surface area contributed by atoms with Crippen molar-refractivity contribution in [3.8, 4) is 0 Å². The fourth-order valence-corrected chi connectivity index (χ4v) is 3.86. The van der Waals surface area contributed by atoms with E-state index in [1.165, 1.54) is 18.2 Å². The van der Waals surface area contributed by atoms with Crippen molar-refractivity contribution in [2.24, 2.45) is 5.92 Å². The fourth-order valence-electron chi connectivity index (χ4n) is 1.71. The van der Waals surface area contributed by atoms with Crippen molar-refractivity contribution in [3.63, 3.8) is 0 Å². The van der Waals surface area contributed by atoms with E-state index in [0.29, 0.717) is 6.54 Å². The highest BCUT2D eigenvalue weighted by atomic mass is 35.5. The molecule has 124 valence electrons. The maximum atomic E-state index is 12.6. The van der Waals surface area contributed by atoms with E-state index in [2.05, 4.69) is 5.32 Å². The zero-order chi connectivity index (χ0) is 16.9. The Hall–Kier alpha value is -0.820. The molecule has 1 aromatic carbocycles. The third-order valence-electron chi connectivity index (χ3n) is 2.89. The lowest BCUT2D eigenvalue weighted by Gasteiger charge is -2.21. The van der Waals surface area contributed by atoms with Gasteiger partial charge >= 0.3 is 0 Å². The van der Waals surface area contributed by atoms with Crippen LogP contribution in [0.25, 0.3) is 0 Å². The van der Waals surface area contributed by atoms with Gasteiger partial charge in [-0.1, -0.05) is 44.0 Å². The lowest BCUT2D eigenvalue weighted by Crippen LogP contribution is -2.41. The minimum Gasteiger partial charge on any atom is -0.355 e. The molecule has 22 heavy (non-hydrogen) atoms. The number of benzene rings is 1. The van der Waals surface area contributed by atoms with E-state index < -0.39 is 10.0 Å². The molecule has 0 saturated carbocycles. The highest BCUT2D eigenvalue weighted by molar-refractivity contribution is 7.89. The van der Waals surface area contributed by atoms with Gasteiger partial charge in [0.2, 0.25) is 15.9 Å². The Labute approximate surface area is 141 Å². The molecule has 0 saturated heterocycles. The van der Waals surface area contributed by atoms with Crippen LogP contribution < -0.4 is 5.32 Å². The number of hydrogen-bond donors (Lipinski definition) is 1. The first-order chi connectivity index (χ1) is 10.2. The average Bonchev–Trinajstić information content (AvgIpc) is 2.44. The molecule has 0 spiro atoms. The Balaban J connectivity index is 2.97. The zero-order valence-electron chi connectivity index (χ0n) is 12.8. The topological polar surface area (TPSA) is 66.5 Å². The van der Waals surface area contributed by atoms with Gasteiger partial charge in [-0.05, 0) is 24.1 Å². The third kappa shape index (κ3) is 5.12. The van der Waals surface area contributed by atoms with Crippen LogP contribution >= 0.6 is 23.2 Å². The van der Waals surface area contributed by atoms with Crippen LogP contribution in [0.3, 0.4) is 0 Å². The van der Waals surface area contributed by atoms with Crippen molar-refractivity contribution >= 4 is 39.1 Å². The van der Waals surface area contributed by atoms with E-state index in [4.69, 9.17) is 23.2 Å². The molecule has 5 nitrogen and oxygen atoms in total. The van der Waals surface area contributed by atoms with Crippen LogP contribution in [0.15, 0.2) is 23.1 Å². The Bertz CT molecular complexity index is 633. The molecule has 1 rings (SSSR count). The minimum absolute atomic E-state index is 0.0745.